The molecule has 0 fully saturated rings. The second kappa shape index (κ2) is 7.96. The predicted octanol–water partition coefficient (Wildman–Crippen LogP) is 3.13. The molecule has 0 spiro atoms. The minimum atomic E-state index is -3.77. The number of pyridine rings is 2. The van der Waals surface area contributed by atoms with Crippen LogP contribution in [0.1, 0.15) is 10.5 Å². The molecule has 1 aromatic carbocycles. The molecule has 0 aliphatic carbocycles. The van der Waals surface area contributed by atoms with Gasteiger partial charge < -0.3 is 0 Å². The summed E-state index contributed by atoms with van der Waals surface area (Å²) in [7, 11) is -3.77. The molecule has 4 rings (SSSR count). The second-order valence-electron chi connectivity index (χ2n) is 6.44. The van der Waals surface area contributed by atoms with Crippen molar-refractivity contribution in [2.24, 2.45) is 0 Å². The van der Waals surface area contributed by atoms with Crippen LogP contribution in [0.4, 0.5) is 4.39 Å². The third-order valence-corrected chi connectivity index (χ3v) is 5.92. The Bertz CT molecular complexity index is 1320. The van der Waals surface area contributed by atoms with Crippen molar-refractivity contribution < 1.29 is 17.6 Å². The molecule has 7 nitrogen and oxygen atoms in total. The standard InChI is InChI=1S/C21H15FN4O3S/c22-16-9-17(12-23-11-16)26-13-15(10-24-26)19-7-4-8-20(25-19)21(27)14-30(28,29)18-5-2-1-3-6-18/h1-13H,14H2. The van der Waals surface area contributed by atoms with Crippen LogP contribution in [0.5, 0.6) is 0 Å². The molecule has 0 unspecified atom stereocenters. The normalized spacial score (nSPS) is 11.4. The summed E-state index contributed by atoms with van der Waals surface area (Å²) in [5.41, 5.74) is 1.49. The maximum atomic E-state index is 13.4. The molecule has 0 bridgehead atoms. The minimum absolute atomic E-state index is 0.0344. The number of benzene rings is 1. The van der Waals surface area contributed by atoms with Crippen molar-refractivity contribution in [3.05, 3.63) is 90.9 Å². The molecule has 3 heterocycles. The lowest BCUT2D eigenvalue weighted by Crippen LogP contribution is -2.17. The van der Waals surface area contributed by atoms with E-state index in [0.717, 1.165) is 6.20 Å². The van der Waals surface area contributed by atoms with Crippen LogP contribution in [0.15, 0.2) is 84.3 Å². The van der Waals surface area contributed by atoms with Gasteiger partial charge in [-0.05, 0) is 24.3 Å². The Morgan fingerprint density at radius 3 is 2.57 bits per heavy atom. The fraction of sp³-hybridized carbons (Fsp3) is 0.0476. The Hall–Kier alpha value is -3.72. The number of aromatic nitrogens is 4. The smallest absolute Gasteiger partial charge is 0.196 e. The molecule has 0 saturated carbocycles. The Labute approximate surface area is 171 Å². The van der Waals surface area contributed by atoms with E-state index in [4.69, 9.17) is 0 Å². The molecule has 0 aliphatic heterocycles. The third kappa shape index (κ3) is 4.15. The zero-order chi connectivity index (χ0) is 21.1. The van der Waals surface area contributed by atoms with E-state index in [1.54, 1.807) is 36.5 Å². The van der Waals surface area contributed by atoms with Gasteiger partial charge in [0.15, 0.2) is 15.6 Å². The largest absolute Gasteiger partial charge is 0.291 e. The van der Waals surface area contributed by atoms with Gasteiger partial charge >= 0.3 is 0 Å². The first kappa shape index (κ1) is 19.6. The predicted molar refractivity (Wildman–Crippen MR) is 107 cm³/mol. The quantitative estimate of drug-likeness (QED) is 0.443. The summed E-state index contributed by atoms with van der Waals surface area (Å²) in [6.07, 6.45) is 5.69. The van der Waals surface area contributed by atoms with E-state index < -0.39 is 27.2 Å². The summed E-state index contributed by atoms with van der Waals surface area (Å²) in [6, 6.07) is 13.8. The highest BCUT2D eigenvalue weighted by Gasteiger charge is 2.21. The van der Waals surface area contributed by atoms with Gasteiger partial charge in [0.2, 0.25) is 0 Å². The van der Waals surface area contributed by atoms with E-state index in [-0.39, 0.29) is 10.6 Å². The Balaban J connectivity index is 1.58. The van der Waals surface area contributed by atoms with Crippen LogP contribution in [-0.4, -0.2) is 39.7 Å². The topological polar surface area (TPSA) is 94.8 Å². The number of hydrogen-bond acceptors (Lipinski definition) is 6. The molecule has 0 N–H and O–H groups in total. The third-order valence-electron chi connectivity index (χ3n) is 4.29. The molecular weight excluding hydrogens is 407 g/mol. The molecule has 0 atom stereocenters. The van der Waals surface area contributed by atoms with Crippen LogP contribution < -0.4 is 0 Å². The maximum absolute atomic E-state index is 13.4. The molecular formula is C21H15FN4O3S. The monoisotopic (exact) mass is 422 g/mol. The average molecular weight is 422 g/mol. The molecule has 0 saturated heterocycles. The Morgan fingerprint density at radius 2 is 1.80 bits per heavy atom. The van der Waals surface area contributed by atoms with Gasteiger partial charge in [-0.15, -0.1) is 0 Å². The number of ketones is 1. The Morgan fingerprint density at radius 1 is 1.00 bits per heavy atom. The number of halogens is 1. The summed E-state index contributed by atoms with van der Waals surface area (Å²) in [4.78, 5) is 20.7. The van der Waals surface area contributed by atoms with Crippen molar-refractivity contribution in [1.82, 2.24) is 19.7 Å². The molecule has 9 heteroatoms. The molecule has 0 amide bonds. The van der Waals surface area contributed by atoms with E-state index in [9.17, 15) is 17.6 Å². The summed E-state index contributed by atoms with van der Waals surface area (Å²) in [5.74, 6) is -1.78. The minimum Gasteiger partial charge on any atom is -0.291 e. The Kier molecular flexibility index (Phi) is 5.20. The molecule has 0 radical (unpaired) electrons. The number of carbonyl (C=O) groups is 1. The highest BCUT2D eigenvalue weighted by Crippen LogP contribution is 2.19. The lowest BCUT2D eigenvalue weighted by molar-refractivity contribution is 0.101. The lowest BCUT2D eigenvalue weighted by Gasteiger charge is -2.05. The van der Waals surface area contributed by atoms with Crippen molar-refractivity contribution >= 4 is 15.6 Å². The number of carbonyl (C=O) groups excluding carboxylic acids is 1. The van der Waals surface area contributed by atoms with Crippen molar-refractivity contribution in [3.63, 3.8) is 0 Å². The number of hydrogen-bond donors (Lipinski definition) is 0. The molecule has 3 aromatic heterocycles. The fourth-order valence-electron chi connectivity index (χ4n) is 2.83. The van der Waals surface area contributed by atoms with E-state index in [0.29, 0.717) is 16.9 Å². The van der Waals surface area contributed by atoms with E-state index >= 15 is 0 Å². The van der Waals surface area contributed by atoms with Gasteiger partial charge in [-0.1, -0.05) is 24.3 Å². The zero-order valence-electron chi connectivity index (χ0n) is 15.5. The number of sulfone groups is 1. The molecule has 0 aliphatic rings. The van der Waals surface area contributed by atoms with Crippen molar-refractivity contribution in [2.75, 3.05) is 5.75 Å². The van der Waals surface area contributed by atoms with Crippen molar-refractivity contribution in [2.45, 2.75) is 4.90 Å². The number of rotatable bonds is 6. The van der Waals surface area contributed by atoms with Crippen LogP contribution in [0.3, 0.4) is 0 Å². The summed E-state index contributed by atoms with van der Waals surface area (Å²) in [5, 5.41) is 4.17. The SMILES string of the molecule is O=C(CS(=O)(=O)c1ccccc1)c1cccc(-c2cnn(-c3cncc(F)c3)c2)n1. The van der Waals surface area contributed by atoms with Gasteiger partial charge in [-0.2, -0.15) is 5.10 Å². The maximum Gasteiger partial charge on any atom is 0.196 e. The van der Waals surface area contributed by atoms with Gasteiger partial charge in [-0.3, -0.25) is 9.78 Å². The van der Waals surface area contributed by atoms with Crippen molar-refractivity contribution in [1.29, 1.82) is 0 Å². The second-order valence-corrected chi connectivity index (χ2v) is 8.43. The van der Waals surface area contributed by atoms with Gasteiger partial charge in [0.25, 0.3) is 0 Å². The summed E-state index contributed by atoms with van der Waals surface area (Å²) < 4.78 is 39.7. The molecule has 30 heavy (non-hydrogen) atoms. The van der Waals surface area contributed by atoms with Crippen LogP contribution in [0, 0.1) is 5.82 Å². The van der Waals surface area contributed by atoms with E-state index in [2.05, 4.69) is 15.1 Å². The van der Waals surface area contributed by atoms with Gasteiger partial charge in [-0.25, -0.2) is 22.5 Å². The van der Waals surface area contributed by atoms with Gasteiger partial charge in [0.1, 0.15) is 17.3 Å². The lowest BCUT2D eigenvalue weighted by atomic mass is 10.2. The summed E-state index contributed by atoms with van der Waals surface area (Å²) in [6.45, 7) is 0. The fourth-order valence-corrected chi connectivity index (χ4v) is 4.06. The van der Waals surface area contributed by atoms with Crippen LogP contribution >= 0.6 is 0 Å². The summed E-state index contributed by atoms with van der Waals surface area (Å²) >= 11 is 0. The number of Topliss-reactive ketones (excluding diaryl/α,β-unsaturated/α-hetero) is 1. The van der Waals surface area contributed by atoms with Gasteiger partial charge in [0, 0.05) is 17.8 Å². The average Bonchev–Trinajstić information content (AvgIpc) is 3.25. The van der Waals surface area contributed by atoms with Crippen LogP contribution in [0.2, 0.25) is 0 Å². The first-order chi connectivity index (χ1) is 14.4. The highest BCUT2D eigenvalue weighted by molar-refractivity contribution is 7.92. The van der Waals surface area contributed by atoms with Crippen molar-refractivity contribution in [3.8, 4) is 16.9 Å². The van der Waals surface area contributed by atoms with E-state index in [1.165, 1.54) is 41.3 Å². The first-order valence-corrected chi connectivity index (χ1v) is 10.5. The van der Waals surface area contributed by atoms with Crippen LogP contribution in [-0.2, 0) is 9.84 Å². The molecule has 4 aromatic rings. The highest BCUT2D eigenvalue weighted by atomic mass is 32.2. The first-order valence-electron chi connectivity index (χ1n) is 8.86. The van der Waals surface area contributed by atoms with Gasteiger partial charge in [0.05, 0.1) is 34.9 Å². The number of nitrogens with zero attached hydrogens (tertiary/aromatic N) is 4. The van der Waals surface area contributed by atoms with Crippen LogP contribution in [0.25, 0.3) is 16.9 Å². The van der Waals surface area contributed by atoms with E-state index in [1.807, 2.05) is 0 Å². The zero-order valence-corrected chi connectivity index (χ0v) is 16.3. The molecule has 150 valence electrons.